The summed E-state index contributed by atoms with van der Waals surface area (Å²) in [6.45, 7) is 0. The Kier molecular flexibility index (Phi) is 4.75. The van der Waals surface area contributed by atoms with Gasteiger partial charge in [0.1, 0.15) is 10.8 Å². The number of ketones is 1. The van der Waals surface area contributed by atoms with E-state index in [0.29, 0.717) is 5.56 Å². The van der Waals surface area contributed by atoms with Crippen molar-refractivity contribution in [3.8, 4) is 5.75 Å². The highest BCUT2D eigenvalue weighted by atomic mass is 32.2. The summed E-state index contributed by atoms with van der Waals surface area (Å²) in [5.41, 5.74) is 0.638. The normalized spacial score (nSPS) is 10.6. The number of rotatable bonds is 5. The highest BCUT2D eigenvalue weighted by Crippen LogP contribution is 2.16. The molecule has 2 aromatic rings. The fraction of sp³-hybridized carbons (Fsp3) is 0.0667. The first-order valence-corrected chi connectivity index (χ1v) is 6.60. The number of thioether (sulfide) groups is 1. The Hall–Kier alpha value is -2.07. The molecule has 0 unspecified atom stereocenters. The molecule has 0 saturated carbocycles. The summed E-state index contributed by atoms with van der Waals surface area (Å²) in [4.78, 5) is 16.0. The van der Waals surface area contributed by atoms with Crippen LogP contribution in [0.25, 0.3) is 0 Å². The van der Waals surface area contributed by atoms with E-state index in [1.165, 1.54) is 11.8 Å². The number of hydrogen-bond acceptors (Lipinski definition) is 4. The third-order valence-electron chi connectivity index (χ3n) is 2.42. The molecule has 1 aromatic heterocycles. The van der Waals surface area contributed by atoms with E-state index in [2.05, 4.69) is 4.98 Å². The van der Waals surface area contributed by atoms with Gasteiger partial charge in [-0.05, 0) is 47.9 Å². The standard InChI is InChI=1S/C15H13NO2S/c1-18-13-7-5-12(6-8-13)14(17)9-11-19-15-4-2-3-10-16-15/h2-11H,1H3. The quantitative estimate of drug-likeness (QED) is 0.473. The van der Waals surface area contributed by atoms with E-state index >= 15 is 0 Å². The molecular formula is C15H13NO2S. The molecule has 19 heavy (non-hydrogen) atoms. The van der Waals surface area contributed by atoms with Gasteiger partial charge in [0, 0.05) is 11.8 Å². The summed E-state index contributed by atoms with van der Waals surface area (Å²) < 4.78 is 5.05. The summed E-state index contributed by atoms with van der Waals surface area (Å²) in [5.74, 6) is 0.703. The van der Waals surface area contributed by atoms with Crippen LogP contribution in [0.2, 0.25) is 0 Å². The first kappa shape index (κ1) is 13.4. The minimum atomic E-state index is -0.0360. The monoisotopic (exact) mass is 271 g/mol. The van der Waals surface area contributed by atoms with Crippen LogP contribution in [-0.4, -0.2) is 17.9 Å². The smallest absolute Gasteiger partial charge is 0.186 e. The zero-order valence-corrected chi connectivity index (χ0v) is 11.3. The number of methoxy groups -OCH3 is 1. The van der Waals surface area contributed by atoms with E-state index < -0.39 is 0 Å². The van der Waals surface area contributed by atoms with Crippen molar-refractivity contribution in [3.63, 3.8) is 0 Å². The molecular weight excluding hydrogens is 258 g/mol. The largest absolute Gasteiger partial charge is 0.497 e. The molecule has 0 radical (unpaired) electrons. The summed E-state index contributed by atoms with van der Waals surface area (Å²) in [5, 5.41) is 2.61. The van der Waals surface area contributed by atoms with Crippen LogP contribution in [0.5, 0.6) is 5.75 Å². The maximum absolute atomic E-state index is 11.9. The van der Waals surface area contributed by atoms with Gasteiger partial charge in [0.2, 0.25) is 0 Å². The lowest BCUT2D eigenvalue weighted by Crippen LogP contribution is -1.93. The Bertz CT molecular complexity index is 564. The average molecular weight is 271 g/mol. The first-order valence-electron chi connectivity index (χ1n) is 5.72. The van der Waals surface area contributed by atoms with Crippen molar-refractivity contribution in [1.82, 2.24) is 4.98 Å². The van der Waals surface area contributed by atoms with Gasteiger partial charge in [-0.3, -0.25) is 4.79 Å². The molecule has 1 heterocycles. The summed E-state index contributed by atoms with van der Waals surface area (Å²) >= 11 is 1.41. The van der Waals surface area contributed by atoms with Crippen molar-refractivity contribution in [3.05, 3.63) is 65.7 Å². The molecule has 0 bridgehead atoms. The minimum absolute atomic E-state index is 0.0360. The fourth-order valence-corrected chi connectivity index (χ4v) is 2.04. The lowest BCUT2D eigenvalue weighted by molar-refractivity contribution is 0.104. The predicted molar refractivity (Wildman–Crippen MR) is 76.6 cm³/mol. The number of hydrogen-bond donors (Lipinski definition) is 0. The summed E-state index contributed by atoms with van der Waals surface area (Å²) in [6.07, 6.45) is 3.27. The van der Waals surface area contributed by atoms with Gasteiger partial charge in [-0.1, -0.05) is 17.8 Å². The molecule has 0 aliphatic heterocycles. The number of carbonyl (C=O) groups is 1. The molecule has 0 amide bonds. The Morgan fingerprint density at radius 2 is 2.00 bits per heavy atom. The number of benzene rings is 1. The van der Waals surface area contributed by atoms with Gasteiger partial charge in [-0.2, -0.15) is 0 Å². The van der Waals surface area contributed by atoms with Crippen molar-refractivity contribution in [2.24, 2.45) is 0 Å². The molecule has 4 heteroatoms. The van der Waals surface area contributed by atoms with Gasteiger partial charge >= 0.3 is 0 Å². The van der Waals surface area contributed by atoms with Crippen LogP contribution in [0.3, 0.4) is 0 Å². The number of carbonyl (C=O) groups excluding carboxylic acids is 1. The first-order chi connectivity index (χ1) is 9.29. The van der Waals surface area contributed by atoms with Gasteiger partial charge in [0.15, 0.2) is 5.78 Å². The molecule has 96 valence electrons. The highest BCUT2D eigenvalue weighted by molar-refractivity contribution is 8.02. The van der Waals surface area contributed by atoms with Gasteiger partial charge in [-0.25, -0.2) is 4.98 Å². The number of ether oxygens (including phenoxy) is 1. The molecule has 2 rings (SSSR count). The third-order valence-corrected chi connectivity index (χ3v) is 3.18. The maximum atomic E-state index is 11.9. The van der Waals surface area contributed by atoms with Crippen LogP contribution in [-0.2, 0) is 0 Å². The van der Waals surface area contributed by atoms with E-state index in [0.717, 1.165) is 10.8 Å². The van der Waals surface area contributed by atoms with Crippen molar-refractivity contribution in [2.75, 3.05) is 7.11 Å². The molecule has 3 nitrogen and oxygen atoms in total. The second-order valence-electron chi connectivity index (χ2n) is 3.68. The summed E-state index contributed by atoms with van der Waals surface area (Å²) in [7, 11) is 1.60. The maximum Gasteiger partial charge on any atom is 0.186 e. The lowest BCUT2D eigenvalue weighted by atomic mass is 10.1. The van der Waals surface area contributed by atoms with Crippen LogP contribution >= 0.6 is 11.8 Å². The van der Waals surface area contributed by atoms with Crippen LogP contribution in [0.4, 0.5) is 0 Å². The predicted octanol–water partition coefficient (Wildman–Crippen LogP) is 3.58. The second-order valence-corrected chi connectivity index (χ2v) is 4.61. The SMILES string of the molecule is COc1ccc(C(=O)C=CSc2ccccn2)cc1. The molecule has 0 spiro atoms. The number of nitrogens with zero attached hydrogens (tertiary/aromatic N) is 1. The molecule has 0 aliphatic rings. The molecule has 0 atom stereocenters. The topological polar surface area (TPSA) is 39.2 Å². The van der Waals surface area contributed by atoms with E-state index in [1.807, 2.05) is 18.2 Å². The van der Waals surface area contributed by atoms with Gasteiger partial charge in [0.25, 0.3) is 0 Å². The average Bonchev–Trinajstić information content (AvgIpc) is 2.48. The van der Waals surface area contributed by atoms with Crippen LogP contribution in [0, 0.1) is 0 Å². The Morgan fingerprint density at radius 1 is 1.21 bits per heavy atom. The zero-order valence-electron chi connectivity index (χ0n) is 10.4. The van der Waals surface area contributed by atoms with Gasteiger partial charge < -0.3 is 4.74 Å². The molecule has 1 aromatic carbocycles. The van der Waals surface area contributed by atoms with Crippen molar-refractivity contribution < 1.29 is 9.53 Å². The Morgan fingerprint density at radius 3 is 2.63 bits per heavy atom. The zero-order chi connectivity index (χ0) is 13.5. The van der Waals surface area contributed by atoms with Crippen LogP contribution < -0.4 is 4.74 Å². The lowest BCUT2D eigenvalue weighted by Gasteiger charge is -2.00. The second kappa shape index (κ2) is 6.75. The van der Waals surface area contributed by atoms with Crippen molar-refractivity contribution >= 4 is 17.5 Å². The summed E-state index contributed by atoms with van der Waals surface area (Å²) in [6, 6.07) is 12.7. The van der Waals surface area contributed by atoms with Crippen molar-refractivity contribution in [1.29, 1.82) is 0 Å². The van der Waals surface area contributed by atoms with E-state index in [9.17, 15) is 4.79 Å². The number of aromatic nitrogens is 1. The van der Waals surface area contributed by atoms with Crippen LogP contribution in [0.1, 0.15) is 10.4 Å². The molecule has 0 N–H and O–H groups in total. The third kappa shape index (κ3) is 3.96. The fourth-order valence-electron chi connectivity index (χ4n) is 1.43. The number of allylic oxidation sites excluding steroid dienone is 1. The molecule has 0 saturated heterocycles. The Balaban J connectivity index is 1.96. The number of pyridine rings is 1. The minimum Gasteiger partial charge on any atom is -0.497 e. The van der Waals surface area contributed by atoms with E-state index in [4.69, 9.17) is 4.74 Å². The Labute approximate surface area is 116 Å². The highest BCUT2D eigenvalue weighted by Gasteiger charge is 2.01. The van der Waals surface area contributed by atoms with Crippen LogP contribution in [0.15, 0.2) is 65.2 Å². The van der Waals surface area contributed by atoms with E-state index in [-0.39, 0.29) is 5.78 Å². The van der Waals surface area contributed by atoms with E-state index in [1.54, 1.807) is 49.1 Å². The van der Waals surface area contributed by atoms with Gasteiger partial charge in [-0.15, -0.1) is 0 Å². The van der Waals surface area contributed by atoms with Gasteiger partial charge in [0.05, 0.1) is 7.11 Å². The van der Waals surface area contributed by atoms with Crippen molar-refractivity contribution in [2.45, 2.75) is 5.03 Å². The molecule has 0 fully saturated rings. The molecule has 0 aliphatic carbocycles.